The highest BCUT2D eigenvalue weighted by atomic mass is 16.1. The van der Waals surface area contributed by atoms with Gasteiger partial charge in [0.2, 0.25) is 0 Å². The molecule has 2 aromatic carbocycles. The van der Waals surface area contributed by atoms with Crippen molar-refractivity contribution in [1.82, 2.24) is 9.88 Å². The number of aryl methyl sites for hydroxylation is 1. The van der Waals surface area contributed by atoms with Crippen molar-refractivity contribution in [3.8, 4) is 16.9 Å². The molecule has 0 aliphatic heterocycles. The lowest BCUT2D eigenvalue weighted by Gasteiger charge is -2.19. The molecule has 2 aliphatic carbocycles. The maximum Gasteiger partial charge on any atom is 0.251 e. The zero-order valence-electron chi connectivity index (χ0n) is 18.3. The van der Waals surface area contributed by atoms with Crippen molar-refractivity contribution >= 4 is 5.91 Å². The zero-order valence-corrected chi connectivity index (χ0v) is 18.3. The number of hydrogen-bond donors (Lipinski definition) is 1. The Morgan fingerprint density at radius 2 is 1.52 bits per heavy atom. The van der Waals surface area contributed by atoms with Crippen LogP contribution in [0.5, 0.6) is 0 Å². The first-order valence-electron chi connectivity index (χ1n) is 12.0. The first-order valence-corrected chi connectivity index (χ1v) is 12.0. The molecule has 1 amide bonds. The van der Waals surface area contributed by atoms with Gasteiger partial charge in [-0.25, -0.2) is 0 Å². The van der Waals surface area contributed by atoms with E-state index >= 15 is 0 Å². The second kappa shape index (κ2) is 9.13. The van der Waals surface area contributed by atoms with Crippen molar-refractivity contribution in [1.29, 1.82) is 0 Å². The predicted octanol–water partition coefficient (Wildman–Crippen LogP) is 6.48. The number of carbonyl (C=O) groups excluding carboxylic acids is 1. The maximum absolute atomic E-state index is 12.8. The molecule has 0 atom stereocenters. The van der Waals surface area contributed by atoms with Gasteiger partial charge < -0.3 is 9.88 Å². The van der Waals surface area contributed by atoms with Crippen LogP contribution in [-0.2, 0) is 12.8 Å². The van der Waals surface area contributed by atoms with Crippen LogP contribution in [0.4, 0.5) is 0 Å². The summed E-state index contributed by atoms with van der Waals surface area (Å²) in [4.78, 5) is 12.8. The third-order valence-corrected chi connectivity index (χ3v) is 6.95. The molecule has 0 spiro atoms. The average molecular weight is 413 g/mol. The molecule has 0 radical (unpaired) electrons. The fourth-order valence-electron chi connectivity index (χ4n) is 5.27. The van der Waals surface area contributed by atoms with Gasteiger partial charge in [0.25, 0.3) is 5.91 Å². The minimum atomic E-state index is 0.0660. The number of hydrogen-bond acceptors (Lipinski definition) is 1. The SMILES string of the molecule is O=C(NC1CCCCCC1)c1ccc(-n2c(-c3ccccc3)cc3c2CCCC3)cc1. The van der Waals surface area contributed by atoms with Crippen molar-refractivity contribution < 1.29 is 4.79 Å². The highest BCUT2D eigenvalue weighted by Gasteiger charge is 2.21. The van der Waals surface area contributed by atoms with Gasteiger partial charge >= 0.3 is 0 Å². The fraction of sp³-hybridized carbons (Fsp3) is 0.393. The third-order valence-electron chi connectivity index (χ3n) is 6.95. The monoisotopic (exact) mass is 412 g/mol. The normalized spacial score (nSPS) is 17.0. The van der Waals surface area contributed by atoms with Crippen LogP contribution in [0.15, 0.2) is 60.7 Å². The largest absolute Gasteiger partial charge is 0.349 e. The van der Waals surface area contributed by atoms with Crippen LogP contribution in [0.25, 0.3) is 16.9 Å². The van der Waals surface area contributed by atoms with Gasteiger partial charge in [-0.2, -0.15) is 0 Å². The van der Waals surface area contributed by atoms with E-state index in [2.05, 4.69) is 58.4 Å². The van der Waals surface area contributed by atoms with E-state index in [1.165, 1.54) is 61.0 Å². The number of aromatic nitrogens is 1. The smallest absolute Gasteiger partial charge is 0.251 e. The number of rotatable bonds is 4. The van der Waals surface area contributed by atoms with Crippen molar-refractivity contribution in [2.24, 2.45) is 0 Å². The summed E-state index contributed by atoms with van der Waals surface area (Å²) in [5, 5.41) is 3.27. The van der Waals surface area contributed by atoms with Gasteiger partial charge in [0.15, 0.2) is 0 Å². The van der Waals surface area contributed by atoms with Crippen molar-refractivity contribution in [3.05, 3.63) is 77.5 Å². The lowest BCUT2D eigenvalue weighted by molar-refractivity contribution is 0.0933. The maximum atomic E-state index is 12.8. The molecule has 5 rings (SSSR count). The van der Waals surface area contributed by atoms with Crippen molar-refractivity contribution in [2.45, 2.75) is 70.3 Å². The van der Waals surface area contributed by atoms with Crippen LogP contribution in [0, 0.1) is 0 Å². The van der Waals surface area contributed by atoms with Gasteiger partial charge in [-0.1, -0.05) is 56.0 Å². The molecule has 160 valence electrons. The summed E-state index contributed by atoms with van der Waals surface area (Å²) in [5.41, 5.74) is 7.31. The van der Waals surface area contributed by atoms with Crippen LogP contribution in [0.1, 0.15) is 73.0 Å². The summed E-state index contributed by atoms with van der Waals surface area (Å²) >= 11 is 0. The van der Waals surface area contributed by atoms with E-state index in [-0.39, 0.29) is 5.91 Å². The first kappa shape index (κ1) is 20.1. The van der Waals surface area contributed by atoms with Crippen molar-refractivity contribution in [3.63, 3.8) is 0 Å². The first-order chi connectivity index (χ1) is 15.3. The standard InChI is InChI=1S/C28H32N2O/c31-28(29-24-13-6-1-2-7-14-24)22-16-18-25(19-17-22)30-26-15-9-8-12-23(26)20-27(30)21-10-4-3-5-11-21/h3-5,10-11,16-20,24H,1-2,6-9,12-15H2,(H,29,31). The summed E-state index contributed by atoms with van der Waals surface area (Å²) in [6.07, 6.45) is 12.1. The van der Waals surface area contributed by atoms with Gasteiger partial charge in [0.1, 0.15) is 0 Å². The molecule has 1 saturated carbocycles. The molecule has 1 heterocycles. The van der Waals surface area contributed by atoms with Gasteiger partial charge in [-0.3, -0.25) is 4.79 Å². The Morgan fingerprint density at radius 1 is 0.806 bits per heavy atom. The quantitative estimate of drug-likeness (QED) is 0.489. The second-order valence-electron chi connectivity index (χ2n) is 9.12. The number of benzene rings is 2. The van der Waals surface area contributed by atoms with E-state index in [9.17, 15) is 4.79 Å². The van der Waals surface area contributed by atoms with E-state index in [0.717, 1.165) is 36.9 Å². The van der Waals surface area contributed by atoms with E-state index in [1.54, 1.807) is 0 Å². The molecule has 1 N–H and O–H groups in total. The Morgan fingerprint density at radius 3 is 2.26 bits per heavy atom. The molecule has 0 saturated heterocycles. The fourth-order valence-corrected chi connectivity index (χ4v) is 5.27. The van der Waals surface area contributed by atoms with Gasteiger partial charge in [0.05, 0.1) is 5.69 Å². The lowest BCUT2D eigenvalue weighted by Crippen LogP contribution is -2.34. The number of nitrogens with zero attached hydrogens (tertiary/aromatic N) is 1. The van der Waals surface area contributed by atoms with E-state index < -0.39 is 0 Å². The summed E-state index contributed by atoms with van der Waals surface area (Å²) in [7, 11) is 0. The molecule has 3 aromatic rings. The lowest BCUT2D eigenvalue weighted by atomic mass is 9.98. The number of carbonyl (C=O) groups is 1. The molecular weight excluding hydrogens is 380 g/mol. The molecule has 0 unspecified atom stereocenters. The van der Waals surface area contributed by atoms with Gasteiger partial charge in [0, 0.05) is 23.0 Å². The molecule has 31 heavy (non-hydrogen) atoms. The Hall–Kier alpha value is -2.81. The van der Waals surface area contributed by atoms with Crippen LogP contribution in [0.3, 0.4) is 0 Å². The second-order valence-corrected chi connectivity index (χ2v) is 9.12. The van der Waals surface area contributed by atoms with Gasteiger partial charge in [-0.05, 0) is 80.0 Å². The Kier molecular flexibility index (Phi) is 5.93. The van der Waals surface area contributed by atoms with Crippen LogP contribution >= 0.6 is 0 Å². The molecule has 3 heteroatoms. The van der Waals surface area contributed by atoms with E-state index in [4.69, 9.17) is 0 Å². The predicted molar refractivity (Wildman–Crippen MR) is 127 cm³/mol. The molecule has 3 nitrogen and oxygen atoms in total. The molecular formula is C28H32N2O. The highest BCUT2D eigenvalue weighted by Crippen LogP contribution is 2.34. The topological polar surface area (TPSA) is 34.0 Å². The molecule has 0 bridgehead atoms. The van der Waals surface area contributed by atoms with E-state index in [1.807, 2.05) is 12.1 Å². The van der Waals surface area contributed by atoms with Crippen LogP contribution < -0.4 is 5.32 Å². The molecule has 1 fully saturated rings. The summed E-state index contributed by atoms with van der Waals surface area (Å²) in [6.45, 7) is 0. The number of fused-ring (bicyclic) bond motifs is 1. The molecule has 2 aliphatic rings. The highest BCUT2D eigenvalue weighted by molar-refractivity contribution is 5.94. The summed E-state index contributed by atoms with van der Waals surface area (Å²) < 4.78 is 2.41. The average Bonchev–Trinajstić information content (AvgIpc) is 3.02. The van der Waals surface area contributed by atoms with Crippen LogP contribution in [0.2, 0.25) is 0 Å². The van der Waals surface area contributed by atoms with E-state index in [0.29, 0.717) is 6.04 Å². The van der Waals surface area contributed by atoms with Crippen molar-refractivity contribution in [2.75, 3.05) is 0 Å². The minimum absolute atomic E-state index is 0.0660. The van der Waals surface area contributed by atoms with Gasteiger partial charge in [-0.15, -0.1) is 0 Å². The number of nitrogens with one attached hydrogen (secondary N) is 1. The minimum Gasteiger partial charge on any atom is -0.349 e. The summed E-state index contributed by atoms with van der Waals surface area (Å²) in [5.74, 6) is 0.0660. The number of amides is 1. The molecule has 1 aromatic heterocycles. The Labute approximate surface area is 185 Å². The zero-order chi connectivity index (χ0) is 21.0. The third kappa shape index (κ3) is 4.32. The Bertz CT molecular complexity index is 1020. The van der Waals surface area contributed by atoms with Crippen LogP contribution in [-0.4, -0.2) is 16.5 Å². The Balaban J connectivity index is 1.43. The summed E-state index contributed by atoms with van der Waals surface area (Å²) in [6, 6.07) is 21.6.